The van der Waals surface area contributed by atoms with Crippen molar-refractivity contribution < 1.29 is 9.59 Å². The van der Waals surface area contributed by atoms with Gasteiger partial charge in [0.1, 0.15) is 5.82 Å². The number of halogens is 1. The molecule has 0 aliphatic carbocycles. The third-order valence-corrected chi connectivity index (χ3v) is 4.54. The molecule has 136 valence electrons. The normalized spacial score (nSPS) is 14.0. The molecular weight excluding hydrogens is 352 g/mol. The Hall–Kier alpha value is -2.60. The molecule has 0 bridgehead atoms. The van der Waals surface area contributed by atoms with Crippen LogP contribution in [0.15, 0.2) is 36.5 Å². The summed E-state index contributed by atoms with van der Waals surface area (Å²) in [5.74, 6) is 0.276. The first-order valence-electron chi connectivity index (χ1n) is 8.63. The average molecular weight is 373 g/mol. The summed E-state index contributed by atoms with van der Waals surface area (Å²) in [6, 6.07) is 8.51. The minimum atomic E-state index is -0.234. The van der Waals surface area contributed by atoms with Crippen molar-refractivity contribution in [2.24, 2.45) is 0 Å². The molecule has 0 unspecified atom stereocenters. The second-order valence-electron chi connectivity index (χ2n) is 6.25. The second-order valence-corrected chi connectivity index (χ2v) is 6.66. The number of nitrogens with zero attached hydrogens (tertiary/aromatic N) is 2. The molecule has 1 aliphatic heterocycles. The smallest absolute Gasteiger partial charge is 0.259 e. The maximum atomic E-state index is 12.8. The minimum absolute atomic E-state index is 0.204. The van der Waals surface area contributed by atoms with Crippen molar-refractivity contribution in [3.63, 3.8) is 0 Å². The van der Waals surface area contributed by atoms with Gasteiger partial charge in [-0.3, -0.25) is 9.59 Å². The van der Waals surface area contributed by atoms with E-state index in [1.165, 1.54) is 13.3 Å². The van der Waals surface area contributed by atoms with Crippen LogP contribution in [0.5, 0.6) is 0 Å². The number of aromatic nitrogens is 1. The Kier molecular flexibility index (Phi) is 5.73. The molecule has 1 aliphatic rings. The van der Waals surface area contributed by atoms with E-state index in [2.05, 4.69) is 20.5 Å². The molecule has 1 aromatic heterocycles. The molecule has 7 heteroatoms. The van der Waals surface area contributed by atoms with Crippen LogP contribution in [0.4, 0.5) is 17.2 Å². The molecule has 2 aromatic rings. The number of piperidine rings is 1. The van der Waals surface area contributed by atoms with Gasteiger partial charge in [0.2, 0.25) is 5.91 Å². The first-order valence-corrected chi connectivity index (χ1v) is 9.01. The topological polar surface area (TPSA) is 74.3 Å². The number of nitrogens with one attached hydrogen (secondary N) is 2. The van der Waals surface area contributed by atoms with Gasteiger partial charge in [0.25, 0.3) is 5.91 Å². The van der Waals surface area contributed by atoms with E-state index in [9.17, 15) is 9.59 Å². The van der Waals surface area contributed by atoms with Crippen LogP contribution in [0.2, 0.25) is 5.02 Å². The summed E-state index contributed by atoms with van der Waals surface area (Å²) in [4.78, 5) is 30.5. The van der Waals surface area contributed by atoms with Gasteiger partial charge in [-0.25, -0.2) is 4.98 Å². The molecule has 2 heterocycles. The number of benzene rings is 1. The Morgan fingerprint density at radius 3 is 2.58 bits per heavy atom. The van der Waals surface area contributed by atoms with Crippen molar-refractivity contribution in [1.82, 2.24) is 4.98 Å². The molecule has 0 radical (unpaired) electrons. The molecule has 1 saturated heterocycles. The molecule has 3 rings (SSSR count). The lowest BCUT2D eigenvalue weighted by atomic mass is 10.1. The number of rotatable bonds is 4. The highest BCUT2D eigenvalue weighted by Gasteiger charge is 2.19. The first-order chi connectivity index (χ1) is 12.5. The van der Waals surface area contributed by atoms with Crippen LogP contribution in [0.1, 0.15) is 36.5 Å². The molecule has 0 atom stereocenters. The van der Waals surface area contributed by atoms with Crippen LogP contribution < -0.4 is 15.5 Å². The number of carbonyl (C=O) groups excluding carboxylic acids is 2. The van der Waals surface area contributed by atoms with Gasteiger partial charge in [-0.2, -0.15) is 0 Å². The van der Waals surface area contributed by atoms with Crippen molar-refractivity contribution >= 4 is 40.6 Å². The van der Waals surface area contributed by atoms with Crippen LogP contribution in [-0.2, 0) is 4.79 Å². The monoisotopic (exact) mass is 372 g/mol. The van der Waals surface area contributed by atoms with E-state index in [1.807, 2.05) is 0 Å². The lowest BCUT2D eigenvalue weighted by molar-refractivity contribution is -0.114. The van der Waals surface area contributed by atoms with E-state index >= 15 is 0 Å². The molecule has 6 nitrogen and oxygen atoms in total. The van der Waals surface area contributed by atoms with E-state index in [0.29, 0.717) is 27.8 Å². The number of pyridine rings is 1. The lowest BCUT2D eigenvalue weighted by Gasteiger charge is -2.29. The highest BCUT2D eigenvalue weighted by Crippen LogP contribution is 2.27. The van der Waals surface area contributed by atoms with Gasteiger partial charge in [-0.05, 0) is 49.6 Å². The number of carbonyl (C=O) groups is 2. The predicted octanol–water partition coefficient (Wildman–Crippen LogP) is 3.94. The minimum Gasteiger partial charge on any atom is -0.356 e. The van der Waals surface area contributed by atoms with Gasteiger partial charge in [0.05, 0.1) is 16.3 Å². The Bertz CT molecular complexity index is 819. The van der Waals surface area contributed by atoms with Crippen LogP contribution in [0, 0.1) is 0 Å². The average Bonchev–Trinajstić information content (AvgIpc) is 2.64. The summed E-state index contributed by atoms with van der Waals surface area (Å²) >= 11 is 6.17. The summed E-state index contributed by atoms with van der Waals surface area (Å²) < 4.78 is 0. The standard InChI is InChI=1S/C19H21ClN4O2/c1-13(25)22-17-8-7-14(12-16(17)20)23-19(26)15-6-5-9-21-18(15)24-10-3-2-4-11-24/h5-9,12H,2-4,10-11H2,1H3,(H,22,25)(H,23,26). The highest BCUT2D eigenvalue weighted by atomic mass is 35.5. The van der Waals surface area contributed by atoms with Crippen LogP contribution in [0.25, 0.3) is 0 Å². The van der Waals surface area contributed by atoms with E-state index in [1.54, 1.807) is 36.5 Å². The van der Waals surface area contributed by atoms with Crippen molar-refractivity contribution in [2.75, 3.05) is 28.6 Å². The highest BCUT2D eigenvalue weighted by molar-refractivity contribution is 6.34. The van der Waals surface area contributed by atoms with Crippen LogP contribution in [0.3, 0.4) is 0 Å². The number of hydrogen-bond acceptors (Lipinski definition) is 4. The lowest BCUT2D eigenvalue weighted by Crippen LogP contribution is -2.32. The molecule has 0 spiro atoms. The number of hydrogen-bond donors (Lipinski definition) is 2. The summed E-state index contributed by atoms with van der Waals surface area (Å²) in [6.45, 7) is 3.24. The quantitative estimate of drug-likeness (QED) is 0.852. The third kappa shape index (κ3) is 4.32. The Morgan fingerprint density at radius 2 is 1.88 bits per heavy atom. The molecule has 1 aromatic carbocycles. The fourth-order valence-corrected chi connectivity index (χ4v) is 3.24. The molecule has 2 N–H and O–H groups in total. The Morgan fingerprint density at radius 1 is 1.12 bits per heavy atom. The van der Waals surface area contributed by atoms with Gasteiger partial charge in [-0.1, -0.05) is 11.6 Å². The van der Waals surface area contributed by atoms with Crippen molar-refractivity contribution in [2.45, 2.75) is 26.2 Å². The van der Waals surface area contributed by atoms with E-state index in [0.717, 1.165) is 25.9 Å². The Balaban J connectivity index is 1.78. The largest absolute Gasteiger partial charge is 0.356 e. The zero-order chi connectivity index (χ0) is 18.5. The zero-order valence-electron chi connectivity index (χ0n) is 14.6. The van der Waals surface area contributed by atoms with Crippen LogP contribution in [-0.4, -0.2) is 29.9 Å². The maximum Gasteiger partial charge on any atom is 0.259 e. The SMILES string of the molecule is CC(=O)Nc1ccc(NC(=O)c2cccnc2N2CCCCC2)cc1Cl. The molecular formula is C19H21ClN4O2. The van der Waals surface area contributed by atoms with Crippen molar-refractivity contribution in [3.8, 4) is 0 Å². The zero-order valence-corrected chi connectivity index (χ0v) is 15.3. The Labute approximate surface area is 157 Å². The van der Waals surface area contributed by atoms with E-state index in [-0.39, 0.29) is 11.8 Å². The summed E-state index contributed by atoms with van der Waals surface area (Å²) in [5.41, 5.74) is 1.60. The van der Waals surface area contributed by atoms with Gasteiger partial charge >= 0.3 is 0 Å². The molecule has 1 fully saturated rings. The second kappa shape index (κ2) is 8.19. The van der Waals surface area contributed by atoms with Gasteiger partial charge in [0, 0.05) is 31.9 Å². The summed E-state index contributed by atoms with van der Waals surface area (Å²) in [6.07, 6.45) is 5.14. The van der Waals surface area contributed by atoms with Crippen LogP contribution >= 0.6 is 11.6 Å². The third-order valence-electron chi connectivity index (χ3n) is 4.22. The summed E-state index contributed by atoms with van der Waals surface area (Å²) in [5, 5.41) is 5.85. The first kappa shape index (κ1) is 18.2. The molecule has 26 heavy (non-hydrogen) atoms. The number of anilines is 3. The maximum absolute atomic E-state index is 12.8. The van der Waals surface area contributed by atoms with Gasteiger partial charge < -0.3 is 15.5 Å². The van der Waals surface area contributed by atoms with E-state index < -0.39 is 0 Å². The number of amides is 2. The van der Waals surface area contributed by atoms with Gasteiger partial charge in [-0.15, -0.1) is 0 Å². The fraction of sp³-hybridized carbons (Fsp3) is 0.316. The predicted molar refractivity (Wildman–Crippen MR) is 104 cm³/mol. The molecule has 0 saturated carbocycles. The van der Waals surface area contributed by atoms with Crippen molar-refractivity contribution in [3.05, 3.63) is 47.1 Å². The molecule has 2 amide bonds. The van der Waals surface area contributed by atoms with Gasteiger partial charge in [0.15, 0.2) is 0 Å². The van der Waals surface area contributed by atoms with E-state index in [4.69, 9.17) is 11.6 Å². The summed E-state index contributed by atoms with van der Waals surface area (Å²) in [7, 11) is 0. The van der Waals surface area contributed by atoms with Crippen molar-refractivity contribution in [1.29, 1.82) is 0 Å². The fourth-order valence-electron chi connectivity index (χ4n) is 3.01.